The van der Waals surface area contributed by atoms with Crippen molar-refractivity contribution >= 4 is 5.91 Å². The van der Waals surface area contributed by atoms with Crippen molar-refractivity contribution in [2.75, 3.05) is 6.54 Å². The fourth-order valence-electron chi connectivity index (χ4n) is 3.31. The van der Waals surface area contributed by atoms with Gasteiger partial charge in [-0.1, -0.05) is 18.2 Å². The minimum Gasteiger partial charge on any atom is -0.480 e. The predicted octanol–water partition coefficient (Wildman–Crippen LogP) is 1.39. The first-order valence-electron chi connectivity index (χ1n) is 8.58. The maximum atomic E-state index is 12.4. The number of aryl methyl sites for hydroxylation is 2. The van der Waals surface area contributed by atoms with Crippen molar-refractivity contribution in [3.05, 3.63) is 47.3 Å². The maximum Gasteiger partial charge on any atom is 0.261 e. The molecular weight excluding hydrogens is 304 g/mol. The van der Waals surface area contributed by atoms with Gasteiger partial charge in [-0.05, 0) is 43.5 Å². The highest BCUT2D eigenvalue weighted by molar-refractivity contribution is 5.81. The summed E-state index contributed by atoms with van der Waals surface area (Å²) in [5.74, 6) is 0.759. The molecule has 0 aliphatic carbocycles. The topological polar surface area (TPSA) is 68.2 Å². The number of nitrogens with one attached hydrogen (secondary N) is 2. The summed E-state index contributed by atoms with van der Waals surface area (Å²) in [6.45, 7) is 3.23. The molecule has 0 spiro atoms. The molecule has 126 valence electrons. The summed E-state index contributed by atoms with van der Waals surface area (Å²) in [6.07, 6.45) is 2.25. The molecule has 3 heterocycles. The Hall–Kier alpha value is -2.34. The van der Waals surface area contributed by atoms with Crippen molar-refractivity contribution in [1.82, 2.24) is 20.4 Å². The Labute approximate surface area is 141 Å². The van der Waals surface area contributed by atoms with Gasteiger partial charge in [-0.25, -0.2) is 0 Å². The summed E-state index contributed by atoms with van der Waals surface area (Å²) in [5, 5.41) is 10.9. The minimum atomic E-state index is -0.415. The second kappa shape index (κ2) is 6.65. The number of fused-ring (bicyclic) bond motifs is 2. The van der Waals surface area contributed by atoms with Gasteiger partial charge in [0.2, 0.25) is 0 Å². The molecule has 1 aromatic heterocycles. The number of rotatable bonds is 3. The van der Waals surface area contributed by atoms with Gasteiger partial charge in [-0.15, -0.1) is 0 Å². The molecule has 2 N–H and O–H groups in total. The van der Waals surface area contributed by atoms with Crippen molar-refractivity contribution < 1.29 is 9.53 Å². The standard InChI is InChI=1S/C18H22N4O2/c23-18(17-7-6-13-4-1-2-5-16(13)24-17)20-11-14-10-15-12-19-8-3-9-22(15)21-14/h1-2,4-5,10,17,19H,3,6-9,11-12H2,(H,20,23). The number of amides is 1. The number of benzene rings is 1. The Morgan fingerprint density at radius 2 is 2.33 bits per heavy atom. The fraction of sp³-hybridized carbons (Fsp3) is 0.444. The molecule has 6 nitrogen and oxygen atoms in total. The van der Waals surface area contributed by atoms with Gasteiger partial charge in [0, 0.05) is 13.1 Å². The normalized spacial score (nSPS) is 19.6. The quantitative estimate of drug-likeness (QED) is 0.894. The SMILES string of the molecule is O=C(NCc1cc2n(n1)CCCNC2)C1CCc2ccccc2O1. The Morgan fingerprint density at radius 1 is 1.42 bits per heavy atom. The van der Waals surface area contributed by atoms with Crippen LogP contribution in [0.15, 0.2) is 30.3 Å². The van der Waals surface area contributed by atoms with Crippen LogP contribution in [0.4, 0.5) is 0 Å². The van der Waals surface area contributed by atoms with Crippen LogP contribution in [-0.4, -0.2) is 28.3 Å². The molecule has 1 atom stereocenters. The number of hydrogen-bond donors (Lipinski definition) is 2. The van der Waals surface area contributed by atoms with Gasteiger partial charge in [0.05, 0.1) is 17.9 Å². The molecule has 0 radical (unpaired) electrons. The first kappa shape index (κ1) is 15.2. The summed E-state index contributed by atoms with van der Waals surface area (Å²) in [4.78, 5) is 12.4. The summed E-state index contributed by atoms with van der Waals surface area (Å²) >= 11 is 0. The van der Waals surface area contributed by atoms with E-state index in [-0.39, 0.29) is 5.91 Å². The number of nitrogens with zero attached hydrogens (tertiary/aromatic N) is 2. The van der Waals surface area contributed by atoms with E-state index in [9.17, 15) is 4.79 Å². The molecule has 1 unspecified atom stereocenters. The van der Waals surface area contributed by atoms with E-state index in [0.29, 0.717) is 13.0 Å². The van der Waals surface area contributed by atoms with Crippen molar-refractivity contribution in [3.8, 4) is 5.75 Å². The first-order valence-corrected chi connectivity index (χ1v) is 8.58. The molecule has 2 aliphatic rings. The van der Waals surface area contributed by atoms with Crippen molar-refractivity contribution in [2.45, 2.75) is 45.0 Å². The summed E-state index contributed by atoms with van der Waals surface area (Å²) in [6, 6.07) is 9.98. The Kier molecular flexibility index (Phi) is 4.21. The van der Waals surface area contributed by atoms with Gasteiger partial charge in [0.25, 0.3) is 5.91 Å². The maximum absolute atomic E-state index is 12.4. The molecule has 6 heteroatoms. The van der Waals surface area contributed by atoms with E-state index in [0.717, 1.165) is 43.9 Å². The lowest BCUT2D eigenvalue weighted by Gasteiger charge is -2.25. The van der Waals surface area contributed by atoms with Crippen LogP contribution in [0.5, 0.6) is 5.75 Å². The number of para-hydroxylation sites is 1. The van der Waals surface area contributed by atoms with Crippen molar-refractivity contribution in [3.63, 3.8) is 0 Å². The average molecular weight is 326 g/mol. The number of carbonyl (C=O) groups excluding carboxylic acids is 1. The van der Waals surface area contributed by atoms with E-state index in [2.05, 4.69) is 27.9 Å². The molecule has 0 fully saturated rings. The van der Waals surface area contributed by atoms with Crippen molar-refractivity contribution in [1.29, 1.82) is 0 Å². The van der Waals surface area contributed by atoms with Gasteiger partial charge in [0.15, 0.2) is 6.10 Å². The van der Waals surface area contributed by atoms with Gasteiger partial charge in [0.1, 0.15) is 5.75 Å². The molecule has 0 bridgehead atoms. The third-order valence-corrected chi connectivity index (χ3v) is 4.60. The van der Waals surface area contributed by atoms with E-state index in [4.69, 9.17) is 4.74 Å². The lowest BCUT2D eigenvalue weighted by molar-refractivity contribution is -0.128. The predicted molar refractivity (Wildman–Crippen MR) is 89.6 cm³/mol. The van der Waals surface area contributed by atoms with Gasteiger partial charge < -0.3 is 15.4 Å². The number of aromatic nitrogens is 2. The highest BCUT2D eigenvalue weighted by Crippen LogP contribution is 2.27. The second-order valence-corrected chi connectivity index (χ2v) is 6.35. The summed E-state index contributed by atoms with van der Waals surface area (Å²) < 4.78 is 7.87. The Bertz CT molecular complexity index is 717. The first-order chi connectivity index (χ1) is 11.8. The van der Waals surface area contributed by atoms with Crippen LogP contribution in [-0.2, 0) is 30.8 Å². The number of carbonyl (C=O) groups is 1. The zero-order valence-electron chi connectivity index (χ0n) is 13.6. The Morgan fingerprint density at radius 3 is 3.29 bits per heavy atom. The monoisotopic (exact) mass is 326 g/mol. The molecular formula is C18H22N4O2. The van der Waals surface area contributed by atoms with Crippen LogP contribution < -0.4 is 15.4 Å². The van der Waals surface area contributed by atoms with E-state index >= 15 is 0 Å². The van der Waals surface area contributed by atoms with Gasteiger partial charge >= 0.3 is 0 Å². The molecule has 1 aromatic carbocycles. The molecule has 1 amide bonds. The lowest BCUT2D eigenvalue weighted by Crippen LogP contribution is -2.40. The van der Waals surface area contributed by atoms with Gasteiger partial charge in [-0.2, -0.15) is 5.10 Å². The Balaban J connectivity index is 1.36. The average Bonchev–Trinajstić information content (AvgIpc) is 2.88. The van der Waals surface area contributed by atoms with Crippen LogP contribution in [0, 0.1) is 0 Å². The van der Waals surface area contributed by atoms with E-state index in [1.54, 1.807) is 0 Å². The van der Waals surface area contributed by atoms with Crippen LogP contribution in [0.25, 0.3) is 0 Å². The van der Waals surface area contributed by atoms with E-state index in [1.165, 1.54) is 11.3 Å². The highest BCUT2D eigenvalue weighted by atomic mass is 16.5. The zero-order chi connectivity index (χ0) is 16.4. The molecule has 0 saturated heterocycles. The fourth-order valence-corrected chi connectivity index (χ4v) is 3.31. The smallest absolute Gasteiger partial charge is 0.261 e. The van der Waals surface area contributed by atoms with E-state index < -0.39 is 6.10 Å². The molecule has 2 aromatic rings. The zero-order valence-corrected chi connectivity index (χ0v) is 13.6. The molecule has 2 aliphatic heterocycles. The highest BCUT2D eigenvalue weighted by Gasteiger charge is 2.25. The van der Waals surface area contributed by atoms with E-state index in [1.807, 2.05) is 22.9 Å². The van der Waals surface area contributed by atoms with Crippen LogP contribution >= 0.6 is 0 Å². The number of ether oxygens (including phenoxy) is 1. The third kappa shape index (κ3) is 3.14. The molecule has 0 saturated carbocycles. The van der Waals surface area contributed by atoms with Gasteiger partial charge in [-0.3, -0.25) is 9.48 Å². The second-order valence-electron chi connectivity index (χ2n) is 6.35. The summed E-state index contributed by atoms with van der Waals surface area (Å²) in [7, 11) is 0. The van der Waals surface area contributed by atoms with Crippen LogP contribution in [0.3, 0.4) is 0 Å². The molecule has 4 rings (SSSR count). The third-order valence-electron chi connectivity index (χ3n) is 4.60. The number of hydrogen-bond acceptors (Lipinski definition) is 4. The molecule has 24 heavy (non-hydrogen) atoms. The minimum absolute atomic E-state index is 0.0641. The lowest BCUT2D eigenvalue weighted by atomic mass is 10.0. The largest absolute Gasteiger partial charge is 0.480 e. The van der Waals surface area contributed by atoms with Crippen LogP contribution in [0.2, 0.25) is 0 Å². The summed E-state index contributed by atoms with van der Waals surface area (Å²) in [5.41, 5.74) is 3.25. The van der Waals surface area contributed by atoms with Crippen molar-refractivity contribution in [2.24, 2.45) is 0 Å². The van der Waals surface area contributed by atoms with Crippen LogP contribution in [0.1, 0.15) is 29.8 Å².